The van der Waals surface area contributed by atoms with Crippen molar-refractivity contribution in [2.45, 2.75) is 31.8 Å². The fraction of sp³-hybridized carbons (Fsp3) is 0.440. The minimum absolute atomic E-state index is 0.238. The van der Waals surface area contributed by atoms with Gasteiger partial charge in [0.25, 0.3) is 15.9 Å². The zero-order chi connectivity index (χ0) is 29.4. The second kappa shape index (κ2) is 13.6. The largest absolute Gasteiger partial charge is 0.490 e. The summed E-state index contributed by atoms with van der Waals surface area (Å²) in [5.74, 6) is -3.04. The summed E-state index contributed by atoms with van der Waals surface area (Å²) in [6.45, 7) is 9.52. The SMILES string of the molecule is COCCNC(=O)c1ccc(N2CCNCC2)c(NS(=O)(=O)c2cc(C)c(C)cc2C)c1.O=C(O)C(F)(F)F. The molecule has 0 bridgehead atoms. The molecule has 216 valence electrons. The first-order valence-electron chi connectivity index (χ1n) is 11.9. The molecule has 1 amide bonds. The normalized spacial score (nSPS) is 13.8. The van der Waals surface area contributed by atoms with Gasteiger partial charge in [0.1, 0.15) is 0 Å². The number of aryl methyl sites for hydroxylation is 3. The second-order valence-corrected chi connectivity index (χ2v) is 10.5. The summed E-state index contributed by atoms with van der Waals surface area (Å²) in [4.78, 5) is 23.8. The number of amides is 1. The highest BCUT2D eigenvalue weighted by molar-refractivity contribution is 7.92. The predicted molar refractivity (Wildman–Crippen MR) is 141 cm³/mol. The van der Waals surface area contributed by atoms with Crippen molar-refractivity contribution in [3.05, 3.63) is 52.6 Å². The van der Waals surface area contributed by atoms with Crippen LogP contribution in [-0.2, 0) is 19.6 Å². The van der Waals surface area contributed by atoms with Gasteiger partial charge in [0.15, 0.2) is 0 Å². The summed E-state index contributed by atoms with van der Waals surface area (Å²) in [6.07, 6.45) is -5.08. The number of ether oxygens (including phenoxy) is 1. The van der Waals surface area contributed by atoms with Gasteiger partial charge in [-0.05, 0) is 61.7 Å². The smallest absolute Gasteiger partial charge is 0.475 e. The molecule has 3 rings (SSSR count). The number of halogens is 3. The van der Waals surface area contributed by atoms with Crippen LogP contribution in [0, 0.1) is 20.8 Å². The number of rotatable bonds is 8. The first-order valence-corrected chi connectivity index (χ1v) is 13.4. The number of nitrogens with zero attached hydrogens (tertiary/aromatic N) is 1. The van der Waals surface area contributed by atoms with Gasteiger partial charge in [0, 0.05) is 45.4 Å². The number of hydrogen-bond donors (Lipinski definition) is 4. The van der Waals surface area contributed by atoms with E-state index in [2.05, 4.69) is 20.3 Å². The number of carboxylic acids is 1. The van der Waals surface area contributed by atoms with Crippen LogP contribution in [0.2, 0.25) is 0 Å². The van der Waals surface area contributed by atoms with Crippen LogP contribution in [0.5, 0.6) is 0 Å². The van der Waals surface area contributed by atoms with Crippen LogP contribution in [0.4, 0.5) is 24.5 Å². The molecule has 14 heteroatoms. The molecule has 10 nitrogen and oxygen atoms in total. The Bertz CT molecular complexity index is 1280. The van der Waals surface area contributed by atoms with Gasteiger partial charge in [0.2, 0.25) is 0 Å². The summed E-state index contributed by atoms with van der Waals surface area (Å²) < 4.78 is 66.2. The lowest BCUT2D eigenvalue weighted by Gasteiger charge is -2.31. The highest BCUT2D eigenvalue weighted by atomic mass is 32.2. The molecular weight excluding hydrogens is 541 g/mol. The second-order valence-electron chi connectivity index (χ2n) is 8.83. The maximum absolute atomic E-state index is 13.4. The van der Waals surface area contributed by atoms with Crippen molar-refractivity contribution in [3.63, 3.8) is 0 Å². The number of carbonyl (C=O) groups excluding carboxylic acids is 1. The van der Waals surface area contributed by atoms with E-state index in [1.807, 2.05) is 26.0 Å². The molecular formula is C25H33F3N4O6S. The summed E-state index contributed by atoms with van der Waals surface area (Å²) in [5.41, 5.74) is 4.16. The monoisotopic (exact) mass is 574 g/mol. The summed E-state index contributed by atoms with van der Waals surface area (Å²) in [5, 5.41) is 13.2. The van der Waals surface area contributed by atoms with Crippen LogP contribution in [-0.4, -0.2) is 78.0 Å². The molecule has 4 N–H and O–H groups in total. The minimum atomic E-state index is -5.08. The molecule has 0 unspecified atom stereocenters. The Morgan fingerprint density at radius 3 is 2.21 bits per heavy atom. The third kappa shape index (κ3) is 9.11. The van der Waals surface area contributed by atoms with E-state index < -0.39 is 22.2 Å². The number of carbonyl (C=O) groups is 2. The number of benzene rings is 2. The van der Waals surface area contributed by atoms with Crippen molar-refractivity contribution in [3.8, 4) is 0 Å². The first kappa shape index (κ1) is 31.9. The minimum Gasteiger partial charge on any atom is -0.475 e. The van der Waals surface area contributed by atoms with Crippen molar-refractivity contribution in [1.82, 2.24) is 10.6 Å². The Kier molecular flexibility index (Phi) is 11.1. The van der Waals surface area contributed by atoms with Crippen LogP contribution in [0.15, 0.2) is 35.2 Å². The van der Waals surface area contributed by atoms with E-state index in [0.717, 1.165) is 43.0 Å². The molecule has 1 saturated heterocycles. The number of nitrogens with one attached hydrogen (secondary N) is 3. The number of hydrogen-bond acceptors (Lipinski definition) is 7. The van der Waals surface area contributed by atoms with Crippen molar-refractivity contribution in [1.29, 1.82) is 0 Å². The molecule has 1 aliphatic rings. The number of anilines is 2. The van der Waals surface area contributed by atoms with Gasteiger partial charge in [-0.15, -0.1) is 0 Å². The quantitative estimate of drug-likeness (QED) is 0.354. The fourth-order valence-electron chi connectivity index (χ4n) is 3.73. The lowest BCUT2D eigenvalue weighted by Crippen LogP contribution is -2.43. The highest BCUT2D eigenvalue weighted by Gasteiger charge is 2.38. The van der Waals surface area contributed by atoms with Crippen LogP contribution in [0.3, 0.4) is 0 Å². The van der Waals surface area contributed by atoms with E-state index in [-0.39, 0.29) is 10.8 Å². The van der Waals surface area contributed by atoms with E-state index >= 15 is 0 Å². The van der Waals surface area contributed by atoms with E-state index in [9.17, 15) is 26.4 Å². The van der Waals surface area contributed by atoms with Gasteiger partial charge in [-0.1, -0.05) is 6.07 Å². The van der Waals surface area contributed by atoms with Crippen LogP contribution in [0.25, 0.3) is 0 Å². The van der Waals surface area contributed by atoms with Gasteiger partial charge < -0.3 is 25.4 Å². The van der Waals surface area contributed by atoms with E-state index in [1.165, 1.54) is 0 Å². The average Bonchev–Trinajstić information content (AvgIpc) is 2.86. The zero-order valence-corrected chi connectivity index (χ0v) is 22.9. The molecule has 2 aromatic carbocycles. The molecule has 1 fully saturated rings. The molecule has 0 aliphatic carbocycles. The number of alkyl halides is 3. The topological polar surface area (TPSA) is 137 Å². The van der Waals surface area contributed by atoms with Gasteiger partial charge in [-0.25, -0.2) is 13.2 Å². The lowest BCUT2D eigenvalue weighted by molar-refractivity contribution is -0.192. The van der Waals surface area contributed by atoms with Crippen LogP contribution >= 0.6 is 0 Å². The highest BCUT2D eigenvalue weighted by Crippen LogP contribution is 2.31. The third-order valence-corrected chi connectivity index (χ3v) is 7.38. The van der Waals surface area contributed by atoms with E-state index in [4.69, 9.17) is 14.6 Å². The number of carboxylic acid groups (broad SMARTS) is 1. The lowest BCUT2D eigenvalue weighted by atomic mass is 10.1. The maximum atomic E-state index is 13.4. The van der Waals surface area contributed by atoms with Gasteiger partial charge in [-0.2, -0.15) is 13.2 Å². The molecule has 0 aromatic heterocycles. The molecule has 0 atom stereocenters. The summed E-state index contributed by atoms with van der Waals surface area (Å²) in [6, 6.07) is 8.70. The molecule has 0 spiro atoms. The number of piperazine rings is 1. The molecule has 1 aliphatic heterocycles. The van der Waals surface area contributed by atoms with Gasteiger partial charge in [-0.3, -0.25) is 9.52 Å². The zero-order valence-electron chi connectivity index (χ0n) is 22.1. The van der Waals surface area contributed by atoms with Crippen LogP contribution < -0.4 is 20.3 Å². The molecule has 1 heterocycles. The number of aliphatic carboxylic acids is 1. The number of methoxy groups -OCH3 is 1. The molecule has 0 saturated carbocycles. The Hall–Kier alpha value is -3.36. The molecule has 2 aromatic rings. The van der Waals surface area contributed by atoms with Crippen LogP contribution in [0.1, 0.15) is 27.0 Å². The van der Waals surface area contributed by atoms with E-state index in [1.54, 1.807) is 32.2 Å². The average molecular weight is 575 g/mol. The standard InChI is InChI=1S/C23H32N4O4S.C2HF3O2/c1-16-13-18(3)22(14-17(16)2)32(29,30)26-20-15-19(23(28)25-9-12-31-4)5-6-21(20)27-10-7-24-8-11-27;3-2(4,5)1(6)7/h5-6,13-15,24,26H,7-12H2,1-4H3,(H,25,28);(H,6,7). The van der Waals surface area contributed by atoms with Gasteiger partial charge >= 0.3 is 12.1 Å². The van der Waals surface area contributed by atoms with Crippen molar-refractivity contribution in [2.24, 2.45) is 0 Å². The molecule has 39 heavy (non-hydrogen) atoms. The first-order chi connectivity index (χ1) is 18.2. The predicted octanol–water partition coefficient (Wildman–Crippen LogP) is 2.83. The van der Waals surface area contributed by atoms with Crippen molar-refractivity contribution >= 4 is 33.3 Å². The molecule has 0 radical (unpaired) electrons. The number of sulfonamides is 1. The summed E-state index contributed by atoms with van der Waals surface area (Å²) in [7, 11) is -2.29. The van der Waals surface area contributed by atoms with Gasteiger partial charge in [0.05, 0.1) is 22.9 Å². The maximum Gasteiger partial charge on any atom is 0.490 e. The van der Waals surface area contributed by atoms with Crippen molar-refractivity contribution in [2.75, 3.05) is 56.1 Å². The third-order valence-electron chi connectivity index (χ3n) is 5.88. The Balaban J connectivity index is 0.000000673. The fourth-order valence-corrected chi connectivity index (χ4v) is 5.11. The Labute approximate surface area is 225 Å². The van der Waals surface area contributed by atoms with Crippen molar-refractivity contribution < 1.29 is 41.0 Å². The Morgan fingerprint density at radius 1 is 1.05 bits per heavy atom. The Morgan fingerprint density at radius 2 is 1.64 bits per heavy atom. The summed E-state index contributed by atoms with van der Waals surface area (Å²) >= 11 is 0. The van der Waals surface area contributed by atoms with E-state index in [0.29, 0.717) is 30.0 Å².